The van der Waals surface area contributed by atoms with Gasteiger partial charge in [-0.25, -0.2) is 0 Å². The van der Waals surface area contributed by atoms with E-state index < -0.39 is 0 Å². The number of carbonyl (C=O) groups is 1. The van der Waals surface area contributed by atoms with E-state index >= 15 is 0 Å². The fraction of sp³-hybridized carbons (Fsp3) is 0.588. The molecule has 110 valence electrons. The highest BCUT2D eigenvalue weighted by atomic mass is 16.5. The van der Waals surface area contributed by atoms with Crippen LogP contribution < -0.4 is 4.74 Å². The van der Waals surface area contributed by atoms with Gasteiger partial charge in [-0.05, 0) is 50.9 Å². The van der Waals surface area contributed by atoms with Crippen LogP contribution in [0.5, 0.6) is 5.75 Å². The minimum Gasteiger partial charge on any atom is -0.491 e. The van der Waals surface area contributed by atoms with Gasteiger partial charge in [-0.1, -0.05) is 25.5 Å². The largest absolute Gasteiger partial charge is 0.491 e. The topological polar surface area (TPSA) is 29.5 Å². The van der Waals surface area contributed by atoms with Crippen LogP contribution in [0, 0.1) is 5.92 Å². The summed E-state index contributed by atoms with van der Waals surface area (Å²) in [6.45, 7) is 7.82. The van der Waals surface area contributed by atoms with Gasteiger partial charge in [-0.3, -0.25) is 9.69 Å². The quantitative estimate of drug-likeness (QED) is 0.745. The zero-order chi connectivity index (χ0) is 14.4. The summed E-state index contributed by atoms with van der Waals surface area (Å²) in [7, 11) is 0. The second-order valence-corrected chi connectivity index (χ2v) is 5.59. The van der Waals surface area contributed by atoms with E-state index in [1.54, 1.807) is 6.92 Å². The van der Waals surface area contributed by atoms with Gasteiger partial charge in [0.1, 0.15) is 12.4 Å². The van der Waals surface area contributed by atoms with Crippen molar-refractivity contribution in [3.8, 4) is 5.75 Å². The number of benzene rings is 1. The molecular weight excluding hydrogens is 250 g/mol. The Balaban J connectivity index is 1.78. The molecule has 0 saturated carbocycles. The molecule has 0 spiro atoms. The molecular formula is C17H25NO2. The van der Waals surface area contributed by atoms with E-state index in [1.165, 1.54) is 32.4 Å². The third-order valence-electron chi connectivity index (χ3n) is 4.22. The molecule has 3 nitrogen and oxygen atoms in total. The Hall–Kier alpha value is -1.35. The van der Waals surface area contributed by atoms with E-state index in [0.717, 1.165) is 12.5 Å². The Labute approximate surface area is 121 Å². The number of carbonyl (C=O) groups excluding carboxylic acids is 1. The van der Waals surface area contributed by atoms with E-state index in [4.69, 9.17) is 4.74 Å². The van der Waals surface area contributed by atoms with Crippen molar-refractivity contribution < 1.29 is 9.53 Å². The summed E-state index contributed by atoms with van der Waals surface area (Å²) in [4.78, 5) is 14.0. The molecule has 0 bridgehead atoms. The standard InChI is InChI=1S/C17H25NO2/c1-3-15-8-10-18(11-9-15)12-13-20-17-7-5-4-6-16(17)14(2)19/h4-7,15H,3,8-13H2,1-2H3. The van der Waals surface area contributed by atoms with Crippen molar-refractivity contribution in [3.05, 3.63) is 29.8 Å². The molecule has 1 saturated heterocycles. The lowest BCUT2D eigenvalue weighted by molar-refractivity contribution is 0.101. The first-order valence-electron chi connectivity index (χ1n) is 7.65. The molecule has 2 rings (SSSR count). The molecule has 0 unspecified atom stereocenters. The molecule has 1 heterocycles. The molecule has 3 heteroatoms. The average Bonchev–Trinajstić information content (AvgIpc) is 2.48. The number of para-hydroxylation sites is 1. The third-order valence-corrected chi connectivity index (χ3v) is 4.22. The van der Waals surface area contributed by atoms with Crippen LogP contribution in [0.25, 0.3) is 0 Å². The van der Waals surface area contributed by atoms with Gasteiger partial charge in [-0.15, -0.1) is 0 Å². The second kappa shape index (κ2) is 7.44. The molecule has 1 aromatic carbocycles. The molecule has 0 aliphatic carbocycles. The van der Waals surface area contributed by atoms with Gasteiger partial charge < -0.3 is 4.74 Å². The van der Waals surface area contributed by atoms with Crippen LogP contribution in [0.3, 0.4) is 0 Å². The summed E-state index contributed by atoms with van der Waals surface area (Å²) < 4.78 is 5.79. The lowest BCUT2D eigenvalue weighted by Gasteiger charge is -2.31. The Bertz CT molecular complexity index is 436. The fourth-order valence-electron chi connectivity index (χ4n) is 2.79. The van der Waals surface area contributed by atoms with Gasteiger partial charge in [0.25, 0.3) is 0 Å². The maximum atomic E-state index is 11.5. The average molecular weight is 275 g/mol. The first-order chi connectivity index (χ1) is 9.70. The zero-order valence-electron chi connectivity index (χ0n) is 12.6. The van der Waals surface area contributed by atoms with Crippen LogP contribution in [0.1, 0.15) is 43.5 Å². The first-order valence-corrected chi connectivity index (χ1v) is 7.65. The number of Topliss-reactive ketones (excluding diaryl/α,β-unsaturated/α-hetero) is 1. The van der Waals surface area contributed by atoms with Crippen molar-refractivity contribution in [1.82, 2.24) is 4.90 Å². The van der Waals surface area contributed by atoms with E-state index in [2.05, 4.69) is 11.8 Å². The van der Waals surface area contributed by atoms with Gasteiger partial charge >= 0.3 is 0 Å². The molecule has 1 aliphatic rings. The van der Waals surface area contributed by atoms with Crippen molar-refractivity contribution >= 4 is 5.78 Å². The lowest BCUT2D eigenvalue weighted by atomic mass is 9.94. The predicted molar refractivity (Wildman–Crippen MR) is 81.4 cm³/mol. The maximum Gasteiger partial charge on any atom is 0.163 e. The smallest absolute Gasteiger partial charge is 0.163 e. The summed E-state index contributed by atoms with van der Waals surface area (Å²) in [5.41, 5.74) is 0.678. The number of hydrogen-bond acceptors (Lipinski definition) is 3. The van der Waals surface area contributed by atoms with E-state index in [9.17, 15) is 4.79 Å². The predicted octanol–water partition coefficient (Wildman–Crippen LogP) is 3.39. The van der Waals surface area contributed by atoms with Gasteiger partial charge in [-0.2, -0.15) is 0 Å². The molecule has 0 radical (unpaired) electrons. The van der Waals surface area contributed by atoms with Gasteiger partial charge in [0.05, 0.1) is 5.56 Å². The molecule has 0 amide bonds. The summed E-state index contributed by atoms with van der Waals surface area (Å²) >= 11 is 0. The number of hydrogen-bond donors (Lipinski definition) is 0. The summed E-state index contributed by atoms with van der Waals surface area (Å²) in [6.07, 6.45) is 3.91. The highest BCUT2D eigenvalue weighted by Gasteiger charge is 2.17. The van der Waals surface area contributed by atoms with Crippen molar-refractivity contribution in [1.29, 1.82) is 0 Å². The first kappa shape index (κ1) is 15.0. The molecule has 1 aliphatic heterocycles. The second-order valence-electron chi connectivity index (χ2n) is 5.59. The number of likely N-dealkylation sites (tertiary alicyclic amines) is 1. The lowest BCUT2D eigenvalue weighted by Crippen LogP contribution is -2.36. The molecule has 0 N–H and O–H groups in total. The Morgan fingerprint density at radius 2 is 2.00 bits per heavy atom. The number of ketones is 1. The highest BCUT2D eigenvalue weighted by Crippen LogP contribution is 2.21. The highest BCUT2D eigenvalue weighted by molar-refractivity contribution is 5.96. The SMILES string of the molecule is CCC1CCN(CCOc2ccccc2C(C)=O)CC1. The Morgan fingerprint density at radius 3 is 2.65 bits per heavy atom. The van der Waals surface area contributed by atoms with Crippen molar-refractivity contribution in [2.75, 3.05) is 26.2 Å². The number of piperidine rings is 1. The molecule has 1 aromatic rings. The molecule has 1 fully saturated rings. The fourth-order valence-corrected chi connectivity index (χ4v) is 2.79. The van der Waals surface area contributed by atoms with Crippen LogP contribution in [-0.2, 0) is 0 Å². The van der Waals surface area contributed by atoms with Gasteiger partial charge in [0.2, 0.25) is 0 Å². The number of nitrogens with zero attached hydrogens (tertiary/aromatic N) is 1. The minimum atomic E-state index is 0.0596. The van der Waals surface area contributed by atoms with Crippen LogP contribution in [0.15, 0.2) is 24.3 Å². The van der Waals surface area contributed by atoms with Gasteiger partial charge in [0, 0.05) is 6.54 Å². The van der Waals surface area contributed by atoms with Crippen molar-refractivity contribution in [2.45, 2.75) is 33.1 Å². The number of ether oxygens (including phenoxy) is 1. The third kappa shape index (κ3) is 4.07. The van der Waals surface area contributed by atoms with Crippen LogP contribution in [0.2, 0.25) is 0 Å². The maximum absolute atomic E-state index is 11.5. The zero-order valence-corrected chi connectivity index (χ0v) is 12.6. The monoisotopic (exact) mass is 275 g/mol. The van der Waals surface area contributed by atoms with Crippen LogP contribution in [-0.4, -0.2) is 36.9 Å². The van der Waals surface area contributed by atoms with E-state index in [-0.39, 0.29) is 5.78 Å². The Morgan fingerprint density at radius 1 is 1.30 bits per heavy atom. The molecule has 20 heavy (non-hydrogen) atoms. The summed E-state index contributed by atoms with van der Waals surface area (Å²) in [6, 6.07) is 7.48. The summed E-state index contributed by atoms with van der Waals surface area (Å²) in [5.74, 6) is 1.68. The van der Waals surface area contributed by atoms with E-state index in [1.807, 2.05) is 24.3 Å². The normalized spacial score (nSPS) is 17.1. The van der Waals surface area contributed by atoms with E-state index in [0.29, 0.717) is 17.9 Å². The van der Waals surface area contributed by atoms with Crippen molar-refractivity contribution in [2.24, 2.45) is 5.92 Å². The van der Waals surface area contributed by atoms with Gasteiger partial charge in [0.15, 0.2) is 5.78 Å². The Kier molecular flexibility index (Phi) is 5.60. The minimum absolute atomic E-state index is 0.0596. The molecule has 0 atom stereocenters. The van der Waals surface area contributed by atoms with Crippen LogP contribution in [0.4, 0.5) is 0 Å². The molecule has 0 aromatic heterocycles. The van der Waals surface area contributed by atoms with Crippen molar-refractivity contribution in [3.63, 3.8) is 0 Å². The van der Waals surface area contributed by atoms with Crippen LogP contribution >= 0.6 is 0 Å². The number of rotatable bonds is 6. The summed E-state index contributed by atoms with van der Waals surface area (Å²) in [5, 5.41) is 0.